The standard InChI is InChI=1S/C16H32NO/c1-3-5-7-8-9-10-11-12-13-14-16(18)17-15-6-4-2/h15H,3-14H2,1-2H3,(H,17,18). The molecule has 0 aliphatic carbocycles. The van der Waals surface area contributed by atoms with Gasteiger partial charge < -0.3 is 5.32 Å². The Hall–Kier alpha value is -0.530. The summed E-state index contributed by atoms with van der Waals surface area (Å²) in [6.07, 6.45) is 14.5. The Labute approximate surface area is 114 Å². The lowest BCUT2D eigenvalue weighted by Crippen LogP contribution is -2.19. The van der Waals surface area contributed by atoms with Crippen LogP contribution in [0.4, 0.5) is 0 Å². The van der Waals surface area contributed by atoms with Crippen LogP contribution >= 0.6 is 0 Å². The van der Waals surface area contributed by atoms with Gasteiger partial charge >= 0.3 is 0 Å². The Bertz CT molecular complexity index is 180. The van der Waals surface area contributed by atoms with E-state index in [1.54, 1.807) is 0 Å². The second kappa shape index (κ2) is 14.5. The average Bonchev–Trinajstić information content (AvgIpc) is 2.37. The Kier molecular flexibility index (Phi) is 14.1. The third-order valence-corrected chi connectivity index (χ3v) is 3.20. The van der Waals surface area contributed by atoms with Gasteiger partial charge in [-0.15, -0.1) is 0 Å². The minimum Gasteiger partial charge on any atom is -0.351 e. The number of rotatable bonds is 13. The monoisotopic (exact) mass is 254 g/mol. The van der Waals surface area contributed by atoms with Gasteiger partial charge in [-0.1, -0.05) is 71.6 Å². The zero-order valence-corrected chi connectivity index (χ0v) is 12.5. The molecule has 1 amide bonds. The van der Waals surface area contributed by atoms with Crippen LogP contribution in [-0.4, -0.2) is 5.91 Å². The molecule has 0 unspecified atom stereocenters. The molecule has 1 N–H and O–H groups in total. The van der Waals surface area contributed by atoms with Gasteiger partial charge in [-0.3, -0.25) is 4.79 Å². The van der Waals surface area contributed by atoms with Crippen molar-refractivity contribution >= 4 is 5.91 Å². The van der Waals surface area contributed by atoms with Crippen LogP contribution in [-0.2, 0) is 4.79 Å². The van der Waals surface area contributed by atoms with Gasteiger partial charge in [0.05, 0.1) is 0 Å². The van der Waals surface area contributed by atoms with E-state index in [9.17, 15) is 4.79 Å². The van der Waals surface area contributed by atoms with E-state index in [4.69, 9.17) is 0 Å². The maximum atomic E-state index is 11.4. The second-order valence-electron chi connectivity index (χ2n) is 5.14. The highest BCUT2D eigenvalue weighted by Crippen LogP contribution is 2.10. The maximum Gasteiger partial charge on any atom is 0.220 e. The molecule has 0 spiro atoms. The van der Waals surface area contributed by atoms with Gasteiger partial charge in [0.25, 0.3) is 0 Å². The largest absolute Gasteiger partial charge is 0.351 e. The zero-order chi connectivity index (χ0) is 13.5. The molecular weight excluding hydrogens is 222 g/mol. The van der Waals surface area contributed by atoms with Gasteiger partial charge in [0, 0.05) is 13.0 Å². The van der Waals surface area contributed by atoms with Crippen molar-refractivity contribution < 1.29 is 4.79 Å². The number of hydrogen-bond acceptors (Lipinski definition) is 1. The smallest absolute Gasteiger partial charge is 0.220 e. The van der Waals surface area contributed by atoms with Crippen LogP contribution in [0.3, 0.4) is 0 Å². The third kappa shape index (κ3) is 13.5. The maximum absolute atomic E-state index is 11.4. The summed E-state index contributed by atoms with van der Waals surface area (Å²) in [6, 6.07) is 0. The van der Waals surface area contributed by atoms with Gasteiger partial charge in [-0.05, 0) is 12.8 Å². The molecule has 0 saturated carbocycles. The van der Waals surface area contributed by atoms with Crippen molar-refractivity contribution in [2.45, 2.75) is 90.9 Å². The van der Waals surface area contributed by atoms with Crippen molar-refractivity contribution in [1.82, 2.24) is 5.32 Å². The van der Waals surface area contributed by atoms with Gasteiger partial charge in [0.1, 0.15) is 0 Å². The normalized spacial score (nSPS) is 10.6. The first-order chi connectivity index (χ1) is 8.81. The lowest BCUT2D eigenvalue weighted by atomic mass is 10.1. The second-order valence-corrected chi connectivity index (χ2v) is 5.14. The minimum absolute atomic E-state index is 0.186. The van der Waals surface area contributed by atoms with Crippen LogP contribution in [0, 0.1) is 6.54 Å². The van der Waals surface area contributed by atoms with E-state index in [-0.39, 0.29) is 5.91 Å². The minimum atomic E-state index is 0.186. The number of hydrogen-bond donors (Lipinski definition) is 1. The van der Waals surface area contributed by atoms with E-state index >= 15 is 0 Å². The molecule has 2 heteroatoms. The summed E-state index contributed by atoms with van der Waals surface area (Å²) in [7, 11) is 0. The van der Waals surface area contributed by atoms with Gasteiger partial charge in [-0.2, -0.15) is 0 Å². The molecule has 18 heavy (non-hydrogen) atoms. The molecular formula is C16H32NO. The third-order valence-electron chi connectivity index (χ3n) is 3.20. The van der Waals surface area contributed by atoms with E-state index in [1.807, 2.05) is 6.54 Å². The average molecular weight is 254 g/mol. The summed E-state index contributed by atoms with van der Waals surface area (Å²) in [5.41, 5.74) is 0. The van der Waals surface area contributed by atoms with Crippen LogP contribution in [0.15, 0.2) is 0 Å². The van der Waals surface area contributed by atoms with Crippen molar-refractivity contribution in [2.75, 3.05) is 0 Å². The fourth-order valence-corrected chi connectivity index (χ4v) is 2.00. The number of carbonyl (C=O) groups excluding carboxylic acids is 1. The number of amides is 1. The van der Waals surface area contributed by atoms with Crippen LogP contribution < -0.4 is 5.32 Å². The molecule has 0 atom stereocenters. The fourth-order valence-electron chi connectivity index (χ4n) is 2.00. The van der Waals surface area contributed by atoms with Gasteiger partial charge in [0.2, 0.25) is 5.91 Å². The molecule has 1 radical (unpaired) electrons. The highest BCUT2D eigenvalue weighted by atomic mass is 16.1. The molecule has 0 fully saturated rings. The van der Waals surface area contributed by atoms with Crippen LogP contribution in [0.25, 0.3) is 0 Å². The molecule has 0 aliphatic rings. The van der Waals surface area contributed by atoms with Gasteiger partial charge in [-0.25, -0.2) is 0 Å². The SMILES string of the molecule is CCC[CH]NC(=O)CCCCCCCCCCC. The zero-order valence-electron chi connectivity index (χ0n) is 12.5. The van der Waals surface area contributed by atoms with E-state index in [0.717, 1.165) is 19.3 Å². The first kappa shape index (κ1) is 17.5. The molecule has 107 valence electrons. The van der Waals surface area contributed by atoms with E-state index in [1.165, 1.54) is 51.4 Å². The lowest BCUT2D eigenvalue weighted by molar-refractivity contribution is -0.120. The van der Waals surface area contributed by atoms with E-state index < -0.39 is 0 Å². The molecule has 0 aromatic carbocycles. The quantitative estimate of drug-likeness (QED) is 0.461. The molecule has 2 nitrogen and oxygen atoms in total. The van der Waals surface area contributed by atoms with Crippen LogP contribution in [0.1, 0.15) is 90.9 Å². The topological polar surface area (TPSA) is 29.1 Å². The summed E-state index contributed by atoms with van der Waals surface area (Å²) in [5, 5.41) is 2.84. The van der Waals surface area contributed by atoms with Crippen molar-refractivity contribution in [2.24, 2.45) is 0 Å². The van der Waals surface area contributed by atoms with E-state index in [0.29, 0.717) is 6.42 Å². The summed E-state index contributed by atoms with van der Waals surface area (Å²) in [4.78, 5) is 11.4. The number of carbonyl (C=O) groups is 1. The van der Waals surface area contributed by atoms with Crippen molar-refractivity contribution in [3.8, 4) is 0 Å². The molecule has 0 saturated heterocycles. The van der Waals surface area contributed by atoms with Crippen LogP contribution in [0.5, 0.6) is 0 Å². The van der Waals surface area contributed by atoms with E-state index in [2.05, 4.69) is 19.2 Å². The first-order valence-corrected chi connectivity index (χ1v) is 7.92. The van der Waals surface area contributed by atoms with Crippen molar-refractivity contribution in [3.63, 3.8) is 0 Å². The molecule has 0 aromatic heterocycles. The molecule has 0 aliphatic heterocycles. The molecule has 0 aromatic rings. The predicted molar refractivity (Wildman–Crippen MR) is 79.2 cm³/mol. The summed E-state index contributed by atoms with van der Waals surface area (Å²) >= 11 is 0. The number of nitrogens with one attached hydrogen (secondary N) is 1. The summed E-state index contributed by atoms with van der Waals surface area (Å²) in [6.45, 7) is 6.25. The summed E-state index contributed by atoms with van der Waals surface area (Å²) < 4.78 is 0. The molecule has 0 bridgehead atoms. The highest BCUT2D eigenvalue weighted by Gasteiger charge is 1.99. The molecule has 0 heterocycles. The van der Waals surface area contributed by atoms with Crippen molar-refractivity contribution in [3.05, 3.63) is 6.54 Å². The molecule has 0 rings (SSSR count). The van der Waals surface area contributed by atoms with Gasteiger partial charge in [0.15, 0.2) is 0 Å². The van der Waals surface area contributed by atoms with Crippen molar-refractivity contribution in [1.29, 1.82) is 0 Å². The Morgan fingerprint density at radius 1 is 0.833 bits per heavy atom. The Morgan fingerprint density at radius 2 is 1.39 bits per heavy atom. The highest BCUT2D eigenvalue weighted by molar-refractivity contribution is 5.76. The number of unbranched alkanes of at least 4 members (excludes halogenated alkanes) is 9. The predicted octanol–water partition coefficient (Wildman–Crippen LogP) is 4.99. The van der Waals surface area contributed by atoms with Crippen LogP contribution in [0.2, 0.25) is 0 Å². The summed E-state index contributed by atoms with van der Waals surface area (Å²) in [5.74, 6) is 0.186. The Morgan fingerprint density at radius 3 is 1.94 bits per heavy atom. The first-order valence-electron chi connectivity index (χ1n) is 7.92. The lowest BCUT2D eigenvalue weighted by Gasteiger charge is -2.04. The fraction of sp³-hybridized carbons (Fsp3) is 0.875. The Balaban J connectivity index is 3.08.